The van der Waals surface area contributed by atoms with Crippen LogP contribution in [0.1, 0.15) is 87.5 Å². The molecule has 0 aromatic heterocycles. The quantitative estimate of drug-likeness (QED) is 0.0852. The molecule has 3 aliphatic rings. The highest BCUT2D eigenvalue weighted by atomic mass is 32.2. The van der Waals surface area contributed by atoms with E-state index < -0.39 is 22.4 Å². The molecule has 8 atom stereocenters. The van der Waals surface area contributed by atoms with Crippen molar-refractivity contribution in [2.75, 3.05) is 18.6 Å². The van der Waals surface area contributed by atoms with E-state index in [-0.39, 0.29) is 46.4 Å². The second kappa shape index (κ2) is 17.1. The standard InChI is InChI=1S/C34H64O6S2Si2/c1-11-26(8)30(39-43(12-2,13-3)14-4)32(40-44(15-5,16-6)17-7)31-29(36-10)19-21-33(38-31)34(41-23-18-24-42-34)25-27(9)28(37-33)20-22-35/h11,22,26-32H,1,12-21,23-25H2,2-10H3/t26-,27-,28+,29-,30-,31-,32-,33+/m1/s1. The number of thioether (sulfide) groups is 2. The summed E-state index contributed by atoms with van der Waals surface area (Å²) in [5.41, 5.74) is 0. The van der Waals surface area contributed by atoms with E-state index in [4.69, 9.17) is 23.1 Å². The number of hydrogen-bond donors (Lipinski definition) is 0. The molecule has 0 amide bonds. The molecule has 0 aromatic carbocycles. The SMILES string of the molecule is C=C[C@@H](C)[C@@H](O[Si](CC)(CC)CC)[C@@H](O[Si](CC)(CC)CC)[C@@H]1O[C@]2(CC[C@H]1OC)O[C@@H](CC=O)[C@H](C)CC21SCCCS1. The summed E-state index contributed by atoms with van der Waals surface area (Å²) in [7, 11) is -2.33. The molecule has 0 unspecified atom stereocenters. The largest absolute Gasteiger partial charge is 0.411 e. The van der Waals surface area contributed by atoms with Crippen LogP contribution in [0.25, 0.3) is 0 Å². The van der Waals surface area contributed by atoms with E-state index in [1.54, 1.807) is 0 Å². The molecule has 0 aromatic rings. The van der Waals surface area contributed by atoms with Crippen molar-refractivity contribution in [3.8, 4) is 0 Å². The summed E-state index contributed by atoms with van der Waals surface area (Å²) >= 11 is 4.03. The van der Waals surface area contributed by atoms with Crippen molar-refractivity contribution >= 4 is 46.4 Å². The maximum atomic E-state index is 11.8. The molecule has 3 fully saturated rings. The topological polar surface area (TPSA) is 63.2 Å². The van der Waals surface area contributed by atoms with Crippen molar-refractivity contribution in [2.45, 2.75) is 164 Å². The van der Waals surface area contributed by atoms with Crippen LogP contribution in [-0.2, 0) is 27.9 Å². The smallest absolute Gasteiger partial charge is 0.193 e. The number of rotatable bonds is 17. The first-order valence-corrected chi connectivity index (χ1v) is 24.7. The second-order valence-corrected chi connectivity index (χ2v) is 25.9. The van der Waals surface area contributed by atoms with Crippen LogP contribution in [0.4, 0.5) is 0 Å². The van der Waals surface area contributed by atoms with Gasteiger partial charge in [0.2, 0.25) is 0 Å². The lowest BCUT2D eigenvalue weighted by Gasteiger charge is -2.61. The fraction of sp³-hybridized carbons (Fsp3) is 0.912. The maximum Gasteiger partial charge on any atom is 0.193 e. The second-order valence-electron chi connectivity index (χ2n) is 13.4. The van der Waals surface area contributed by atoms with Crippen LogP contribution >= 0.6 is 23.5 Å². The van der Waals surface area contributed by atoms with E-state index in [0.29, 0.717) is 6.42 Å². The summed E-state index contributed by atoms with van der Waals surface area (Å²) in [6.45, 7) is 22.5. The van der Waals surface area contributed by atoms with Crippen molar-refractivity contribution in [3.05, 3.63) is 12.7 Å². The lowest BCUT2D eigenvalue weighted by Crippen LogP contribution is -2.69. The Morgan fingerprint density at radius 3 is 2.02 bits per heavy atom. The summed E-state index contributed by atoms with van der Waals surface area (Å²) in [6, 6.07) is 6.34. The first kappa shape index (κ1) is 38.8. The zero-order chi connectivity index (χ0) is 32.6. The molecule has 0 radical (unpaired) electrons. The lowest BCUT2D eigenvalue weighted by molar-refractivity contribution is -0.351. The molecule has 3 rings (SSSR count). The number of aldehydes is 1. The van der Waals surface area contributed by atoms with Gasteiger partial charge in [0.25, 0.3) is 0 Å². The van der Waals surface area contributed by atoms with Gasteiger partial charge in [0.05, 0.1) is 24.4 Å². The first-order chi connectivity index (χ1) is 21.1. The van der Waals surface area contributed by atoms with E-state index in [1.165, 1.54) is 6.42 Å². The van der Waals surface area contributed by atoms with Gasteiger partial charge in [-0.05, 0) is 73.0 Å². The number of hydrogen-bond acceptors (Lipinski definition) is 8. The van der Waals surface area contributed by atoms with Crippen LogP contribution in [0.2, 0.25) is 36.3 Å². The average Bonchev–Trinajstić information content (AvgIpc) is 3.06. The summed E-state index contributed by atoms with van der Waals surface area (Å²) in [5, 5.41) is 0. The molecule has 44 heavy (non-hydrogen) atoms. The van der Waals surface area contributed by atoms with Gasteiger partial charge >= 0.3 is 0 Å². The van der Waals surface area contributed by atoms with Gasteiger partial charge in [0.1, 0.15) is 16.5 Å². The lowest BCUT2D eigenvalue weighted by atomic mass is 9.83. The highest BCUT2D eigenvalue weighted by molar-refractivity contribution is 8.18. The van der Waals surface area contributed by atoms with Gasteiger partial charge in [0.15, 0.2) is 22.4 Å². The minimum absolute atomic E-state index is 0.0790. The first-order valence-electron chi connectivity index (χ1n) is 17.6. The van der Waals surface area contributed by atoms with Gasteiger partial charge in [-0.3, -0.25) is 0 Å². The number of carbonyl (C=O) groups is 1. The Kier molecular flexibility index (Phi) is 15.1. The van der Waals surface area contributed by atoms with E-state index in [2.05, 4.69) is 62.0 Å². The minimum atomic E-state index is -2.11. The third kappa shape index (κ3) is 7.96. The summed E-state index contributed by atoms with van der Waals surface area (Å²) < 4.78 is 35.8. The van der Waals surface area contributed by atoms with Crippen LogP contribution in [-0.4, -0.2) is 81.9 Å². The van der Waals surface area contributed by atoms with E-state index in [1.807, 2.05) is 36.7 Å². The Bertz CT molecular complexity index is 880. The Morgan fingerprint density at radius 1 is 0.955 bits per heavy atom. The molecule has 0 N–H and O–H groups in total. The number of methoxy groups -OCH3 is 1. The monoisotopic (exact) mass is 688 g/mol. The van der Waals surface area contributed by atoms with Crippen LogP contribution < -0.4 is 0 Å². The highest BCUT2D eigenvalue weighted by Crippen LogP contribution is 2.62. The highest BCUT2D eigenvalue weighted by Gasteiger charge is 2.64. The van der Waals surface area contributed by atoms with Gasteiger partial charge in [0, 0.05) is 25.9 Å². The summed E-state index contributed by atoms with van der Waals surface area (Å²) in [4.78, 5) is 11.8. The molecule has 0 bridgehead atoms. The zero-order valence-corrected chi connectivity index (χ0v) is 33.0. The fourth-order valence-corrected chi connectivity index (χ4v) is 17.3. The Labute approximate surface area is 280 Å². The molecular weight excluding hydrogens is 625 g/mol. The van der Waals surface area contributed by atoms with Crippen LogP contribution in [0.5, 0.6) is 0 Å². The van der Waals surface area contributed by atoms with Crippen molar-refractivity contribution in [1.82, 2.24) is 0 Å². The molecule has 3 aliphatic heterocycles. The predicted octanol–water partition coefficient (Wildman–Crippen LogP) is 9.06. The Morgan fingerprint density at radius 2 is 1.52 bits per heavy atom. The molecule has 3 saturated heterocycles. The van der Waals surface area contributed by atoms with Crippen molar-refractivity contribution < 1.29 is 27.9 Å². The molecule has 0 saturated carbocycles. The van der Waals surface area contributed by atoms with Gasteiger partial charge in [-0.2, -0.15) is 0 Å². The molecular formula is C34H64O6S2Si2. The van der Waals surface area contributed by atoms with Crippen LogP contribution in [0, 0.1) is 11.8 Å². The van der Waals surface area contributed by atoms with Crippen molar-refractivity contribution in [3.63, 3.8) is 0 Å². The van der Waals surface area contributed by atoms with E-state index >= 15 is 0 Å². The van der Waals surface area contributed by atoms with Gasteiger partial charge in [-0.1, -0.05) is 61.5 Å². The zero-order valence-electron chi connectivity index (χ0n) is 29.4. The number of carbonyl (C=O) groups excluding carboxylic acids is 1. The average molecular weight is 689 g/mol. The van der Waals surface area contributed by atoms with Crippen LogP contribution in [0.3, 0.4) is 0 Å². The number of fused-ring (bicyclic) bond motifs is 1. The molecule has 10 heteroatoms. The maximum absolute atomic E-state index is 11.8. The van der Waals surface area contributed by atoms with Gasteiger partial charge < -0.3 is 27.9 Å². The summed E-state index contributed by atoms with van der Waals surface area (Å²) in [6.07, 6.45) is 6.01. The molecule has 256 valence electrons. The van der Waals surface area contributed by atoms with Crippen LogP contribution in [0.15, 0.2) is 12.7 Å². The minimum Gasteiger partial charge on any atom is -0.411 e. The molecule has 6 nitrogen and oxygen atoms in total. The van der Waals surface area contributed by atoms with Gasteiger partial charge in [-0.25, -0.2) is 0 Å². The molecule has 0 aliphatic carbocycles. The van der Waals surface area contributed by atoms with Gasteiger partial charge in [-0.15, -0.1) is 30.1 Å². The third-order valence-electron chi connectivity index (χ3n) is 11.4. The molecule has 2 spiro atoms. The summed E-state index contributed by atoms with van der Waals surface area (Å²) in [5.74, 6) is 1.73. The van der Waals surface area contributed by atoms with Crippen molar-refractivity contribution in [2.24, 2.45) is 11.8 Å². The predicted molar refractivity (Wildman–Crippen MR) is 193 cm³/mol. The Hall–Kier alpha value is 0.344. The fourth-order valence-electron chi connectivity index (χ4n) is 7.70. The van der Waals surface area contributed by atoms with E-state index in [0.717, 1.165) is 73.3 Å². The third-order valence-corrected chi connectivity index (χ3v) is 24.2. The Balaban J connectivity index is 2.20. The van der Waals surface area contributed by atoms with E-state index in [9.17, 15) is 4.79 Å². The number of ether oxygens (including phenoxy) is 3. The van der Waals surface area contributed by atoms with Crippen molar-refractivity contribution in [1.29, 1.82) is 0 Å². The normalized spacial score (nSPS) is 31.5. The molecule has 3 heterocycles.